The van der Waals surface area contributed by atoms with Gasteiger partial charge in [0.05, 0.1) is 11.1 Å². The molecule has 1 aliphatic carbocycles. The van der Waals surface area contributed by atoms with Gasteiger partial charge in [0.25, 0.3) is 0 Å². The van der Waals surface area contributed by atoms with Crippen molar-refractivity contribution in [2.24, 2.45) is 0 Å². The van der Waals surface area contributed by atoms with Crippen LogP contribution in [0.2, 0.25) is 0 Å². The summed E-state index contributed by atoms with van der Waals surface area (Å²) < 4.78 is 10.2. The minimum Gasteiger partial charge on any atom is -0.458 e. The molecule has 0 saturated carbocycles. The summed E-state index contributed by atoms with van der Waals surface area (Å²) >= 11 is 0. The Labute approximate surface area is 172 Å². The fourth-order valence-electron chi connectivity index (χ4n) is 3.32. The molecule has 3 aromatic rings. The number of carbonyl (C=O) groups is 4. The highest BCUT2D eigenvalue weighted by Gasteiger charge is 2.33. The van der Waals surface area contributed by atoms with Crippen molar-refractivity contribution in [1.29, 1.82) is 0 Å². The number of hydrogen-bond donors (Lipinski definition) is 0. The molecule has 4 rings (SSSR count). The highest BCUT2D eigenvalue weighted by atomic mass is 16.6. The van der Waals surface area contributed by atoms with Crippen molar-refractivity contribution in [3.05, 3.63) is 106 Å². The van der Waals surface area contributed by atoms with Gasteiger partial charge in [0.15, 0.2) is 11.6 Å². The van der Waals surface area contributed by atoms with Gasteiger partial charge < -0.3 is 9.47 Å². The van der Waals surface area contributed by atoms with E-state index >= 15 is 0 Å². The molecule has 3 aromatic carbocycles. The van der Waals surface area contributed by atoms with Crippen molar-refractivity contribution >= 4 is 23.5 Å². The van der Waals surface area contributed by atoms with Crippen LogP contribution in [-0.2, 0) is 9.47 Å². The molecule has 0 heterocycles. The topological polar surface area (TPSA) is 86.7 Å². The van der Waals surface area contributed by atoms with Gasteiger partial charge in [-0.3, -0.25) is 9.59 Å². The third-order valence-electron chi connectivity index (χ3n) is 4.73. The highest BCUT2D eigenvalue weighted by molar-refractivity contribution is 6.30. The first kappa shape index (κ1) is 19.3. The Kier molecular flexibility index (Phi) is 5.22. The normalized spacial score (nSPS) is 12.0. The van der Waals surface area contributed by atoms with Gasteiger partial charge in [-0.2, -0.15) is 0 Å². The summed E-state index contributed by atoms with van der Waals surface area (Å²) in [5, 5.41) is 0. The molecule has 0 aliphatic heterocycles. The first-order valence-electron chi connectivity index (χ1n) is 9.28. The highest BCUT2D eigenvalue weighted by Crippen LogP contribution is 2.29. The summed E-state index contributed by atoms with van der Waals surface area (Å²) in [7, 11) is 0. The van der Waals surface area contributed by atoms with Crippen molar-refractivity contribution < 1.29 is 28.7 Å². The van der Waals surface area contributed by atoms with Crippen molar-refractivity contribution in [3.63, 3.8) is 0 Å². The lowest BCUT2D eigenvalue weighted by atomic mass is 9.82. The summed E-state index contributed by atoms with van der Waals surface area (Å²) in [4.78, 5) is 50.1. The lowest BCUT2D eigenvalue weighted by Crippen LogP contribution is -2.24. The first-order valence-corrected chi connectivity index (χ1v) is 9.28. The molecule has 0 N–H and O–H groups in total. The zero-order valence-electron chi connectivity index (χ0n) is 15.8. The molecule has 6 heteroatoms. The van der Waals surface area contributed by atoms with E-state index in [0.717, 1.165) is 0 Å². The van der Waals surface area contributed by atoms with E-state index in [9.17, 15) is 19.2 Å². The van der Waals surface area contributed by atoms with Gasteiger partial charge in [-0.05, 0) is 18.2 Å². The lowest BCUT2D eigenvalue weighted by molar-refractivity contribution is 0.0265. The third kappa shape index (κ3) is 3.51. The molecule has 0 unspecified atom stereocenters. The van der Waals surface area contributed by atoms with Crippen LogP contribution < -0.4 is 0 Å². The second kappa shape index (κ2) is 8.13. The van der Waals surface area contributed by atoms with Crippen LogP contribution in [0.3, 0.4) is 0 Å². The molecule has 0 bridgehead atoms. The largest absolute Gasteiger partial charge is 0.458 e. The molecule has 0 saturated heterocycles. The van der Waals surface area contributed by atoms with Gasteiger partial charge in [0.1, 0.15) is 13.2 Å². The van der Waals surface area contributed by atoms with Gasteiger partial charge in [-0.25, -0.2) is 9.59 Å². The Bertz CT molecular complexity index is 1160. The summed E-state index contributed by atoms with van der Waals surface area (Å²) in [5.41, 5.74) is 1.18. The fourth-order valence-corrected chi connectivity index (χ4v) is 3.32. The minimum atomic E-state index is -0.761. The van der Waals surface area contributed by atoms with Crippen LogP contribution >= 0.6 is 0 Å². The minimum absolute atomic E-state index is 0.00902. The molecule has 0 atom stereocenters. The van der Waals surface area contributed by atoms with E-state index in [-0.39, 0.29) is 41.3 Å². The summed E-state index contributed by atoms with van der Waals surface area (Å²) in [5.74, 6) is -2.00. The number of carbonyl (C=O) groups excluding carboxylic acids is 4. The SMILES string of the molecule is O=C(OCCOC(=O)c1cccc2c1C(=O)c1ccccc1C2=O)c1ccccc1. The number of hydrogen-bond acceptors (Lipinski definition) is 6. The lowest BCUT2D eigenvalue weighted by Gasteiger charge is -2.19. The van der Waals surface area contributed by atoms with E-state index in [4.69, 9.17) is 9.47 Å². The molecule has 0 fully saturated rings. The molecule has 0 aromatic heterocycles. The summed E-state index contributed by atoms with van der Waals surface area (Å²) in [6.07, 6.45) is 0. The van der Waals surface area contributed by atoms with Crippen LogP contribution in [-0.4, -0.2) is 36.7 Å². The quantitative estimate of drug-likeness (QED) is 0.377. The van der Waals surface area contributed by atoms with E-state index in [2.05, 4.69) is 0 Å². The predicted molar refractivity (Wildman–Crippen MR) is 107 cm³/mol. The first-order chi connectivity index (χ1) is 14.6. The fraction of sp³-hybridized carbons (Fsp3) is 0.0833. The summed E-state index contributed by atoms with van der Waals surface area (Å²) in [6, 6.07) is 19.4. The van der Waals surface area contributed by atoms with Gasteiger partial charge in [0.2, 0.25) is 0 Å². The molecule has 0 radical (unpaired) electrons. The number of rotatable bonds is 5. The maximum absolute atomic E-state index is 12.9. The monoisotopic (exact) mass is 400 g/mol. The number of fused-ring (bicyclic) bond motifs is 2. The number of benzene rings is 3. The van der Waals surface area contributed by atoms with Gasteiger partial charge in [0, 0.05) is 22.3 Å². The molecular weight excluding hydrogens is 384 g/mol. The second-order valence-electron chi connectivity index (χ2n) is 6.57. The third-order valence-corrected chi connectivity index (χ3v) is 4.73. The zero-order valence-corrected chi connectivity index (χ0v) is 15.8. The van der Waals surface area contributed by atoms with Gasteiger partial charge in [-0.15, -0.1) is 0 Å². The zero-order chi connectivity index (χ0) is 21.1. The number of esters is 2. The van der Waals surface area contributed by atoms with Crippen LogP contribution in [0.25, 0.3) is 0 Å². The molecule has 30 heavy (non-hydrogen) atoms. The Morgan fingerprint density at radius 1 is 0.600 bits per heavy atom. The molecule has 148 valence electrons. The van der Waals surface area contributed by atoms with E-state index < -0.39 is 17.7 Å². The Morgan fingerprint density at radius 3 is 1.87 bits per heavy atom. The van der Waals surface area contributed by atoms with Crippen LogP contribution in [0, 0.1) is 0 Å². The average molecular weight is 400 g/mol. The molecule has 0 spiro atoms. The van der Waals surface area contributed by atoms with Crippen molar-refractivity contribution in [3.8, 4) is 0 Å². The average Bonchev–Trinajstić information content (AvgIpc) is 2.80. The van der Waals surface area contributed by atoms with E-state index in [1.807, 2.05) is 0 Å². The summed E-state index contributed by atoms with van der Waals surface area (Å²) in [6.45, 7) is -0.315. The van der Waals surface area contributed by atoms with Crippen molar-refractivity contribution in [2.45, 2.75) is 0 Å². The van der Waals surface area contributed by atoms with E-state index in [1.165, 1.54) is 18.2 Å². The van der Waals surface area contributed by atoms with Crippen molar-refractivity contribution in [2.75, 3.05) is 13.2 Å². The van der Waals surface area contributed by atoms with E-state index in [1.54, 1.807) is 54.6 Å². The number of ether oxygens (including phenoxy) is 2. The van der Waals surface area contributed by atoms with Gasteiger partial charge >= 0.3 is 11.9 Å². The van der Waals surface area contributed by atoms with Crippen molar-refractivity contribution in [1.82, 2.24) is 0 Å². The Balaban J connectivity index is 1.46. The van der Waals surface area contributed by atoms with E-state index in [0.29, 0.717) is 11.1 Å². The van der Waals surface area contributed by atoms with Crippen LogP contribution in [0.15, 0.2) is 72.8 Å². The standard InChI is InChI=1S/C24H16O6/c25-21-16-9-4-5-10-17(16)22(26)20-18(21)11-6-12-19(20)24(28)30-14-13-29-23(27)15-7-2-1-3-8-15/h1-12H,13-14H2. The second-order valence-corrected chi connectivity index (χ2v) is 6.57. The predicted octanol–water partition coefficient (Wildman–Crippen LogP) is 3.48. The molecule has 1 aliphatic rings. The maximum Gasteiger partial charge on any atom is 0.339 e. The Hall–Kier alpha value is -4.06. The molecule has 0 amide bonds. The Morgan fingerprint density at radius 2 is 1.17 bits per heavy atom. The molecular formula is C24H16O6. The number of ketones is 2. The molecule has 6 nitrogen and oxygen atoms in total. The van der Waals surface area contributed by atoms with Crippen LogP contribution in [0.5, 0.6) is 0 Å². The van der Waals surface area contributed by atoms with Crippen LogP contribution in [0.4, 0.5) is 0 Å². The smallest absolute Gasteiger partial charge is 0.339 e. The van der Waals surface area contributed by atoms with Crippen LogP contribution in [0.1, 0.15) is 52.6 Å². The van der Waals surface area contributed by atoms with Gasteiger partial charge in [-0.1, -0.05) is 54.6 Å². The maximum atomic E-state index is 12.9.